The van der Waals surface area contributed by atoms with Crippen LogP contribution in [0.25, 0.3) is 10.9 Å². The SMILES string of the molecule is O=C(Oc1ccccc1C(=O)Nc1cccc2cccnc12)c1ccccc1. The molecule has 1 N–H and O–H groups in total. The van der Waals surface area contributed by atoms with Crippen LogP contribution in [-0.2, 0) is 0 Å². The Morgan fingerprint density at radius 3 is 2.39 bits per heavy atom. The van der Waals surface area contributed by atoms with Crippen LogP contribution in [0.2, 0.25) is 0 Å². The van der Waals surface area contributed by atoms with Crippen molar-refractivity contribution in [2.24, 2.45) is 0 Å². The molecule has 28 heavy (non-hydrogen) atoms. The van der Waals surface area contributed by atoms with E-state index < -0.39 is 5.97 Å². The number of pyridine rings is 1. The van der Waals surface area contributed by atoms with Gasteiger partial charge in [-0.2, -0.15) is 0 Å². The van der Waals surface area contributed by atoms with Gasteiger partial charge in [0.15, 0.2) is 0 Å². The Hall–Kier alpha value is -3.99. The van der Waals surface area contributed by atoms with E-state index in [2.05, 4.69) is 10.3 Å². The molecular weight excluding hydrogens is 352 g/mol. The van der Waals surface area contributed by atoms with E-state index >= 15 is 0 Å². The van der Waals surface area contributed by atoms with Gasteiger partial charge in [0.1, 0.15) is 5.75 Å². The Morgan fingerprint density at radius 2 is 1.54 bits per heavy atom. The maximum atomic E-state index is 12.9. The third-order valence-corrected chi connectivity index (χ3v) is 4.22. The molecule has 0 spiro atoms. The predicted octanol–water partition coefficient (Wildman–Crippen LogP) is 4.71. The number of hydrogen-bond acceptors (Lipinski definition) is 4. The molecule has 0 saturated heterocycles. The molecule has 0 unspecified atom stereocenters. The van der Waals surface area contributed by atoms with E-state index in [1.807, 2.05) is 30.3 Å². The van der Waals surface area contributed by atoms with Crippen molar-refractivity contribution < 1.29 is 14.3 Å². The van der Waals surface area contributed by atoms with Crippen LogP contribution in [0.5, 0.6) is 5.75 Å². The van der Waals surface area contributed by atoms with Crippen LogP contribution in [0.1, 0.15) is 20.7 Å². The molecule has 0 saturated carbocycles. The minimum atomic E-state index is -0.521. The monoisotopic (exact) mass is 368 g/mol. The molecule has 0 fully saturated rings. The lowest BCUT2D eigenvalue weighted by atomic mass is 10.1. The highest BCUT2D eigenvalue weighted by molar-refractivity contribution is 6.10. The first kappa shape index (κ1) is 17.4. The average molecular weight is 368 g/mol. The Morgan fingerprint density at radius 1 is 0.786 bits per heavy atom. The molecule has 0 aliphatic rings. The summed E-state index contributed by atoms with van der Waals surface area (Å²) in [5.74, 6) is -0.704. The molecule has 5 heteroatoms. The number of amides is 1. The molecule has 1 heterocycles. The van der Waals surface area contributed by atoms with Crippen molar-refractivity contribution in [3.05, 3.63) is 102 Å². The van der Waals surface area contributed by atoms with Gasteiger partial charge in [-0.1, -0.05) is 48.5 Å². The summed E-state index contributed by atoms with van der Waals surface area (Å²) in [5, 5.41) is 3.78. The molecule has 4 rings (SSSR count). The second kappa shape index (κ2) is 7.72. The Balaban J connectivity index is 1.61. The van der Waals surface area contributed by atoms with Gasteiger partial charge in [-0.05, 0) is 36.4 Å². The van der Waals surface area contributed by atoms with Crippen LogP contribution in [0.15, 0.2) is 91.1 Å². The standard InChI is InChI=1S/C23H16N2O3/c26-22(25-19-13-6-10-16-11-7-15-24-21(16)19)18-12-4-5-14-20(18)28-23(27)17-8-2-1-3-9-17/h1-15H,(H,25,26). The zero-order valence-corrected chi connectivity index (χ0v) is 14.8. The lowest BCUT2D eigenvalue weighted by Crippen LogP contribution is -2.16. The predicted molar refractivity (Wildman–Crippen MR) is 108 cm³/mol. The molecule has 1 amide bonds. The van der Waals surface area contributed by atoms with E-state index in [9.17, 15) is 9.59 Å². The second-order valence-corrected chi connectivity index (χ2v) is 6.09. The molecule has 0 aliphatic carbocycles. The fourth-order valence-corrected chi connectivity index (χ4v) is 2.87. The number of carbonyl (C=O) groups excluding carboxylic acids is 2. The topological polar surface area (TPSA) is 68.3 Å². The van der Waals surface area contributed by atoms with Gasteiger partial charge in [-0.15, -0.1) is 0 Å². The summed E-state index contributed by atoms with van der Waals surface area (Å²) in [5.41, 5.74) is 1.96. The van der Waals surface area contributed by atoms with Gasteiger partial charge in [0.25, 0.3) is 5.91 Å². The average Bonchev–Trinajstić information content (AvgIpc) is 2.75. The maximum Gasteiger partial charge on any atom is 0.343 e. The third kappa shape index (κ3) is 3.59. The number of fused-ring (bicyclic) bond motifs is 1. The quantitative estimate of drug-likeness (QED) is 0.418. The Bertz CT molecular complexity index is 1150. The summed E-state index contributed by atoms with van der Waals surface area (Å²) in [7, 11) is 0. The largest absolute Gasteiger partial charge is 0.422 e. The smallest absolute Gasteiger partial charge is 0.343 e. The number of para-hydroxylation sites is 2. The number of rotatable bonds is 4. The minimum Gasteiger partial charge on any atom is -0.422 e. The van der Waals surface area contributed by atoms with Crippen LogP contribution in [0.4, 0.5) is 5.69 Å². The summed E-state index contributed by atoms with van der Waals surface area (Å²) in [6.45, 7) is 0. The lowest BCUT2D eigenvalue weighted by molar-refractivity contribution is 0.0733. The fourth-order valence-electron chi connectivity index (χ4n) is 2.87. The number of ether oxygens (including phenoxy) is 1. The molecule has 4 aromatic rings. The number of esters is 1. The molecule has 0 aliphatic heterocycles. The van der Waals surface area contributed by atoms with Gasteiger partial charge in [0, 0.05) is 11.6 Å². The number of benzene rings is 3. The van der Waals surface area contributed by atoms with E-state index in [1.165, 1.54) is 0 Å². The highest BCUT2D eigenvalue weighted by atomic mass is 16.5. The van der Waals surface area contributed by atoms with Gasteiger partial charge in [0.2, 0.25) is 0 Å². The lowest BCUT2D eigenvalue weighted by Gasteiger charge is -2.11. The van der Waals surface area contributed by atoms with E-state index in [0.29, 0.717) is 16.8 Å². The van der Waals surface area contributed by atoms with Crippen molar-refractivity contribution >= 4 is 28.5 Å². The molecule has 3 aromatic carbocycles. The zero-order valence-electron chi connectivity index (χ0n) is 14.8. The first-order valence-corrected chi connectivity index (χ1v) is 8.74. The Labute approximate surface area is 161 Å². The molecular formula is C23H16N2O3. The van der Waals surface area contributed by atoms with E-state index in [-0.39, 0.29) is 17.2 Å². The molecule has 5 nitrogen and oxygen atoms in total. The minimum absolute atomic E-state index is 0.196. The molecule has 0 bridgehead atoms. The number of anilines is 1. The van der Waals surface area contributed by atoms with E-state index in [0.717, 1.165) is 5.39 Å². The van der Waals surface area contributed by atoms with Crippen LogP contribution < -0.4 is 10.1 Å². The van der Waals surface area contributed by atoms with Gasteiger partial charge < -0.3 is 10.1 Å². The van der Waals surface area contributed by atoms with Crippen LogP contribution in [0.3, 0.4) is 0 Å². The number of aromatic nitrogens is 1. The van der Waals surface area contributed by atoms with Crippen LogP contribution >= 0.6 is 0 Å². The van der Waals surface area contributed by atoms with Gasteiger partial charge in [-0.25, -0.2) is 4.79 Å². The first-order chi connectivity index (χ1) is 13.7. The van der Waals surface area contributed by atoms with E-state index in [4.69, 9.17) is 4.74 Å². The molecule has 136 valence electrons. The highest BCUT2D eigenvalue weighted by Gasteiger charge is 2.17. The van der Waals surface area contributed by atoms with Crippen molar-refractivity contribution in [3.63, 3.8) is 0 Å². The van der Waals surface area contributed by atoms with Crippen molar-refractivity contribution in [1.82, 2.24) is 4.98 Å². The summed E-state index contributed by atoms with van der Waals surface area (Å²) in [6, 6.07) is 24.6. The summed E-state index contributed by atoms with van der Waals surface area (Å²) in [4.78, 5) is 29.6. The summed E-state index contributed by atoms with van der Waals surface area (Å²) in [6.07, 6.45) is 1.67. The number of carbonyl (C=O) groups is 2. The molecule has 0 radical (unpaired) electrons. The number of hydrogen-bond donors (Lipinski definition) is 1. The highest BCUT2D eigenvalue weighted by Crippen LogP contribution is 2.24. The number of nitrogens with zero attached hydrogens (tertiary/aromatic N) is 1. The Kier molecular flexibility index (Phi) is 4.80. The zero-order chi connectivity index (χ0) is 19.3. The normalized spacial score (nSPS) is 10.4. The fraction of sp³-hybridized carbons (Fsp3) is 0. The number of nitrogens with one attached hydrogen (secondary N) is 1. The molecule has 1 aromatic heterocycles. The van der Waals surface area contributed by atoms with Crippen molar-refractivity contribution in [1.29, 1.82) is 0 Å². The van der Waals surface area contributed by atoms with Crippen molar-refractivity contribution in [3.8, 4) is 5.75 Å². The van der Waals surface area contributed by atoms with Crippen LogP contribution in [-0.4, -0.2) is 16.9 Å². The second-order valence-electron chi connectivity index (χ2n) is 6.09. The van der Waals surface area contributed by atoms with Gasteiger partial charge >= 0.3 is 5.97 Å². The van der Waals surface area contributed by atoms with Crippen molar-refractivity contribution in [2.45, 2.75) is 0 Å². The first-order valence-electron chi connectivity index (χ1n) is 8.74. The maximum absolute atomic E-state index is 12.9. The molecule has 0 atom stereocenters. The van der Waals surface area contributed by atoms with Gasteiger partial charge in [-0.3, -0.25) is 9.78 Å². The van der Waals surface area contributed by atoms with Crippen molar-refractivity contribution in [2.75, 3.05) is 5.32 Å². The summed E-state index contributed by atoms with van der Waals surface area (Å²) >= 11 is 0. The van der Waals surface area contributed by atoms with E-state index in [1.54, 1.807) is 60.8 Å². The third-order valence-electron chi connectivity index (χ3n) is 4.22. The van der Waals surface area contributed by atoms with Crippen LogP contribution in [0, 0.1) is 0 Å². The summed E-state index contributed by atoms with van der Waals surface area (Å²) < 4.78 is 5.46. The van der Waals surface area contributed by atoms with Gasteiger partial charge in [0.05, 0.1) is 22.3 Å².